The molecule has 0 spiro atoms. The van der Waals surface area contributed by atoms with Crippen LogP contribution in [0, 0.1) is 5.92 Å². The summed E-state index contributed by atoms with van der Waals surface area (Å²) in [7, 11) is 0. The fourth-order valence-corrected chi connectivity index (χ4v) is 1.70. The topological polar surface area (TPSA) is 75.8 Å². The summed E-state index contributed by atoms with van der Waals surface area (Å²) in [5.41, 5.74) is 5.18. The van der Waals surface area contributed by atoms with E-state index in [2.05, 4.69) is 0 Å². The molecule has 1 heterocycles. The van der Waals surface area contributed by atoms with Crippen LogP contribution in [0.15, 0.2) is 0 Å². The molecule has 1 aliphatic rings. The maximum atomic E-state index is 11.6. The van der Waals surface area contributed by atoms with Crippen molar-refractivity contribution in [2.45, 2.75) is 38.8 Å². The molecule has 1 rings (SSSR count). The zero-order chi connectivity index (χ0) is 12.3. The van der Waals surface area contributed by atoms with E-state index in [1.54, 1.807) is 4.90 Å². The van der Waals surface area contributed by atoms with E-state index in [9.17, 15) is 4.79 Å². The fraction of sp³-hybridized carbons (Fsp3) is 0.909. The van der Waals surface area contributed by atoms with Crippen LogP contribution in [0.25, 0.3) is 0 Å². The summed E-state index contributed by atoms with van der Waals surface area (Å²) in [5.74, 6) is 0.398. The van der Waals surface area contributed by atoms with E-state index < -0.39 is 5.60 Å². The predicted octanol–water partition coefficient (Wildman–Crippen LogP) is 0.563. The second-order valence-electron chi connectivity index (χ2n) is 5.43. The van der Waals surface area contributed by atoms with Crippen molar-refractivity contribution in [3.05, 3.63) is 0 Å². The van der Waals surface area contributed by atoms with Gasteiger partial charge in [0.1, 0.15) is 5.60 Å². The van der Waals surface area contributed by atoms with Gasteiger partial charge in [-0.05, 0) is 33.1 Å². The quantitative estimate of drug-likeness (QED) is 0.743. The summed E-state index contributed by atoms with van der Waals surface area (Å²) in [6.07, 6.45) is 0.497. The summed E-state index contributed by atoms with van der Waals surface area (Å²) in [6, 6.07) is -0.175. The van der Waals surface area contributed by atoms with E-state index in [4.69, 9.17) is 15.6 Å². The Morgan fingerprint density at radius 3 is 2.56 bits per heavy atom. The third-order valence-electron chi connectivity index (χ3n) is 2.48. The Morgan fingerprint density at radius 1 is 1.56 bits per heavy atom. The van der Waals surface area contributed by atoms with Gasteiger partial charge in [0.05, 0.1) is 6.61 Å². The fourth-order valence-electron chi connectivity index (χ4n) is 1.70. The highest BCUT2D eigenvalue weighted by molar-refractivity contribution is 5.69. The van der Waals surface area contributed by atoms with Crippen LogP contribution < -0.4 is 5.73 Å². The van der Waals surface area contributed by atoms with Gasteiger partial charge in [-0.2, -0.15) is 0 Å². The summed E-state index contributed by atoms with van der Waals surface area (Å²) in [5, 5.41) is 8.80. The van der Waals surface area contributed by atoms with Crippen LogP contribution in [-0.2, 0) is 4.74 Å². The standard InChI is InChI=1S/C11H22N2O3/c1-11(2,3)16-10(15)13-5-8(6-13)4-9(12)7-14/h8-9,14H,4-7,12H2,1-3H3. The maximum Gasteiger partial charge on any atom is 0.410 e. The number of ether oxygens (including phenoxy) is 1. The van der Waals surface area contributed by atoms with E-state index in [1.807, 2.05) is 20.8 Å². The lowest BCUT2D eigenvalue weighted by molar-refractivity contribution is -0.00371. The Morgan fingerprint density at radius 2 is 2.12 bits per heavy atom. The predicted molar refractivity (Wildman–Crippen MR) is 61.0 cm³/mol. The molecular weight excluding hydrogens is 208 g/mol. The van der Waals surface area contributed by atoms with Crippen molar-refractivity contribution >= 4 is 6.09 Å². The Bertz CT molecular complexity index is 244. The van der Waals surface area contributed by atoms with E-state index in [1.165, 1.54) is 0 Å². The van der Waals surface area contributed by atoms with Crippen LogP contribution in [0.5, 0.6) is 0 Å². The average Bonchev–Trinajstić information content (AvgIpc) is 2.06. The molecule has 1 atom stereocenters. The van der Waals surface area contributed by atoms with Gasteiger partial charge in [-0.25, -0.2) is 4.79 Å². The first-order chi connectivity index (χ1) is 7.31. The van der Waals surface area contributed by atoms with E-state index >= 15 is 0 Å². The Balaban J connectivity index is 2.23. The third-order valence-corrected chi connectivity index (χ3v) is 2.48. The number of rotatable bonds is 3. The van der Waals surface area contributed by atoms with Gasteiger partial charge in [-0.1, -0.05) is 0 Å². The number of amides is 1. The number of nitrogens with two attached hydrogens (primary N) is 1. The second-order valence-corrected chi connectivity index (χ2v) is 5.43. The molecule has 1 saturated heterocycles. The van der Waals surface area contributed by atoms with Gasteiger partial charge in [0.25, 0.3) is 0 Å². The van der Waals surface area contributed by atoms with E-state index in [0.717, 1.165) is 6.42 Å². The lowest BCUT2D eigenvalue weighted by atomic mass is 9.93. The number of hydrogen-bond acceptors (Lipinski definition) is 4. The van der Waals surface area contributed by atoms with Crippen molar-refractivity contribution in [3.63, 3.8) is 0 Å². The number of aliphatic hydroxyl groups excluding tert-OH is 1. The highest BCUT2D eigenvalue weighted by Gasteiger charge is 2.34. The molecule has 1 unspecified atom stereocenters. The lowest BCUT2D eigenvalue weighted by Crippen LogP contribution is -2.53. The highest BCUT2D eigenvalue weighted by Crippen LogP contribution is 2.22. The van der Waals surface area contributed by atoms with Crippen molar-refractivity contribution < 1.29 is 14.6 Å². The Labute approximate surface area is 96.6 Å². The zero-order valence-electron chi connectivity index (χ0n) is 10.3. The first-order valence-corrected chi connectivity index (χ1v) is 5.66. The summed E-state index contributed by atoms with van der Waals surface area (Å²) >= 11 is 0. The molecule has 0 radical (unpaired) electrons. The number of hydrogen-bond donors (Lipinski definition) is 2. The normalized spacial score (nSPS) is 19.2. The largest absolute Gasteiger partial charge is 0.444 e. The number of carbonyl (C=O) groups excluding carboxylic acids is 1. The SMILES string of the molecule is CC(C)(C)OC(=O)N1CC(CC(N)CO)C1. The molecule has 94 valence electrons. The van der Waals surface area contributed by atoms with Gasteiger partial charge < -0.3 is 20.5 Å². The molecule has 3 N–H and O–H groups in total. The smallest absolute Gasteiger partial charge is 0.410 e. The first kappa shape index (κ1) is 13.3. The number of nitrogens with zero attached hydrogens (tertiary/aromatic N) is 1. The summed E-state index contributed by atoms with van der Waals surface area (Å²) < 4.78 is 5.23. The number of likely N-dealkylation sites (tertiary alicyclic amines) is 1. The summed E-state index contributed by atoms with van der Waals surface area (Å²) in [4.78, 5) is 13.2. The molecule has 0 aromatic heterocycles. The third kappa shape index (κ3) is 3.98. The van der Waals surface area contributed by atoms with Gasteiger partial charge in [0, 0.05) is 19.1 Å². The molecule has 1 aliphatic heterocycles. The molecule has 0 aliphatic carbocycles. The van der Waals surface area contributed by atoms with Gasteiger partial charge in [-0.15, -0.1) is 0 Å². The molecule has 5 heteroatoms. The van der Waals surface area contributed by atoms with Crippen LogP contribution in [0.1, 0.15) is 27.2 Å². The minimum absolute atomic E-state index is 0.00291. The van der Waals surface area contributed by atoms with E-state index in [0.29, 0.717) is 19.0 Å². The maximum absolute atomic E-state index is 11.6. The molecule has 5 nitrogen and oxygen atoms in total. The molecule has 0 bridgehead atoms. The number of aliphatic hydroxyl groups is 1. The van der Waals surface area contributed by atoms with Gasteiger partial charge in [0.15, 0.2) is 0 Å². The van der Waals surface area contributed by atoms with Gasteiger partial charge in [0.2, 0.25) is 0 Å². The molecule has 1 amide bonds. The lowest BCUT2D eigenvalue weighted by Gasteiger charge is -2.40. The molecule has 0 aromatic carbocycles. The van der Waals surface area contributed by atoms with Crippen molar-refractivity contribution in [1.82, 2.24) is 4.90 Å². The van der Waals surface area contributed by atoms with Crippen LogP contribution in [0.3, 0.4) is 0 Å². The van der Waals surface area contributed by atoms with Crippen LogP contribution in [-0.4, -0.2) is 47.4 Å². The minimum Gasteiger partial charge on any atom is -0.444 e. The Hall–Kier alpha value is -0.810. The van der Waals surface area contributed by atoms with Crippen LogP contribution in [0.2, 0.25) is 0 Å². The molecule has 0 saturated carbocycles. The van der Waals surface area contributed by atoms with Gasteiger partial charge in [-0.3, -0.25) is 0 Å². The molecule has 1 fully saturated rings. The Kier molecular flexibility index (Phi) is 4.15. The minimum atomic E-state index is -0.441. The van der Waals surface area contributed by atoms with Crippen molar-refractivity contribution in [3.8, 4) is 0 Å². The molecule has 0 aromatic rings. The molecule has 16 heavy (non-hydrogen) atoms. The van der Waals surface area contributed by atoms with Gasteiger partial charge >= 0.3 is 6.09 Å². The highest BCUT2D eigenvalue weighted by atomic mass is 16.6. The van der Waals surface area contributed by atoms with Crippen molar-refractivity contribution in [1.29, 1.82) is 0 Å². The van der Waals surface area contributed by atoms with Crippen LogP contribution in [0.4, 0.5) is 4.79 Å². The van der Waals surface area contributed by atoms with Crippen molar-refractivity contribution in [2.75, 3.05) is 19.7 Å². The van der Waals surface area contributed by atoms with E-state index in [-0.39, 0.29) is 18.7 Å². The number of carbonyl (C=O) groups is 1. The van der Waals surface area contributed by atoms with Crippen molar-refractivity contribution in [2.24, 2.45) is 11.7 Å². The monoisotopic (exact) mass is 230 g/mol. The average molecular weight is 230 g/mol. The second kappa shape index (κ2) is 5.01. The molecular formula is C11H22N2O3. The summed E-state index contributed by atoms with van der Waals surface area (Å²) in [6.45, 7) is 6.92. The zero-order valence-corrected chi connectivity index (χ0v) is 10.3. The van der Waals surface area contributed by atoms with Crippen LogP contribution >= 0.6 is 0 Å². The first-order valence-electron chi connectivity index (χ1n) is 5.66.